The zero-order valence-corrected chi connectivity index (χ0v) is 16.7. The average Bonchev–Trinajstić information content (AvgIpc) is 2.75. The Morgan fingerprint density at radius 1 is 1.07 bits per heavy atom. The van der Waals surface area contributed by atoms with Gasteiger partial charge in [-0.3, -0.25) is 19.3 Å². The largest absolute Gasteiger partial charge is 0.482 e. The first kappa shape index (κ1) is 20.6. The number of benzene rings is 1. The minimum absolute atomic E-state index is 0.0489. The molecule has 29 heavy (non-hydrogen) atoms. The number of hydrogen-bond acceptors (Lipinski definition) is 6. The van der Waals surface area contributed by atoms with Crippen LogP contribution in [0.4, 0.5) is 10.5 Å². The number of anilines is 1. The second kappa shape index (κ2) is 8.93. The number of ketones is 1. The molecule has 0 radical (unpaired) electrons. The quantitative estimate of drug-likeness (QED) is 0.688. The molecule has 1 aromatic carbocycles. The summed E-state index contributed by atoms with van der Waals surface area (Å²) in [7, 11) is 0. The van der Waals surface area contributed by atoms with Gasteiger partial charge >= 0.3 is 6.09 Å². The summed E-state index contributed by atoms with van der Waals surface area (Å²) < 4.78 is 10.4. The maximum atomic E-state index is 12.8. The predicted octanol–water partition coefficient (Wildman–Crippen LogP) is 1.31. The summed E-state index contributed by atoms with van der Waals surface area (Å²) in [5.41, 5.74) is 0.907. The standard InChI is InChI=1S/C20H25N3O6/c1-3-16(24)14-5-6-17-15(11-14)23(19(26)13-29-17)12-18(25)21-7-9-22(10-8-21)20(27)28-4-2/h5-6,11H,3-4,7-10,12-13H2,1-2H3. The summed E-state index contributed by atoms with van der Waals surface area (Å²) in [4.78, 5) is 53.6. The molecule has 0 N–H and O–H groups in total. The highest BCUT2D eigenvalue weighted by Gasteiger charge is 2.31. The van der Waals surface area contributed by atoms with E-state index in [-0.39, 0.29) is 36.8 Å². The monoisotopic (exact) mass is 403 g/mol. The molecular weight excluding hydrogens is 378 g/mol. The van der Waals surface area contributed by atoms with Crippen molar-refractivity contribution in [2.45, 2.75) is 20.3 Å². The zero-order chi connectivity index (χ0) is 21.0. The van der Waals surface area contributed by atoms with Crippen molar-refractivity contribution in [2.75, 3.05) is 50.8 Å². The number of carbonyl (C=O) groups is 4. The Morgan fingerprint density at radius 2 is 1.76 bits per heavy atom. The van der Waals surface area contributed by atoms with E-state index in [9.17, 15) is 19.2 Å². The molecule has 156 valence electrons. The van der Waals surface area contributed by atoms with Crippen LogP contribution < -0.4 is 9.64 Å². The molecule has 9 heteroatoms. The molecule has 3 amide bonds. The van der Waals surface area contributed by atoms with E-state index in [0.717, 1.165) is 0 Å². The van der Waals surface area contributed by atoms with Gasteiger partial charge < -0.3 is 19.3 Å². The molecule has 1 fully saturated rings. The molecule has 0 spiro atoms. The van der Waals surface area contributed by atoms with E-state index < -0.39 is 0 Å². The van der Waals surface area contributed by atoms with Crippen LogP contribution in [0.2, 0.25) is 0 Å². The number of hydrogen-bond donors (Lipinski definition) is 0. The molecule has 2 aliphatic rings. The highest BCUT2D eigenvalue weighted by molar-refractivity contribution is 6.04. The van der Waals surface area contributed by atoms with Crippen LogP contribution in [0, 0.1) is 0 Å². The van der Waals surface area contributed by atoms with Crippen LogP contribution in [-0.2, 0) is 14.3 Å². The van der Waals surface area contributed by atoms with Crippen molar-refractivity contribution in [2.24, 2.45) is 0 Å². The van der Waals surface area contributed by atoms with Crippen molar-refractivity contribution in [3.63, 3.8) is 0 Å². The molecule has 1 saturated heterocycles. The molecular formula is C20H25N3O6. The summed E-state index contributed by atoms with van der Waals surface area (Å²) in [6, 6.07) is 4.92. The number of ether oxygens (including phenoxy) is 2. The lowest BCUT2D eigenvalue weighted by Crippen LogP contribution is -2.54. The third-order valence-electron chi connectivity index (χ3n) is 5.00. The Labute approximate surface area is 169 Å². The molecule has 0 atom stereocenters. The highest BCUT2D eigenvalue weighted by Crippen LogP contribution is 2.33. The van der Waals surface area contributed by atoms with Gasteiger partial charge in [-0.2, -0.15) is 0 Å². The third-order valence-corrected chi connectivity index (χ3v) is 5.00. The van der Waals surface area contributed by atoms with Crippen LogP contribution in [-0.4, -0.2) is 79.4 Å². The van der Waals surface area contributed by atoms with Gasteiger partial charge in [0.25, 0.3) is 5.91 Å². The second-order valence-corrected chi connectivity index (χ2v) is 6.79. The maximum absolute atomic E-state index is 12.8. The molecule has 1 aromatic rings. The van der Waals surface area contributed by atoms with Crippen molar-refractivity contribution < 1.29 is 28.7 Å². The Hall–Kier alpha value is -3.10. The number of Topliss-reactive ketones (excluding diaryl/α,β-unsaturated/α-hetero) is 1. The Balaban J connectivity index is 1.69. The molecule has 9 nitrogen and oxygen atoms in total. The predicted molar refractivity (Wildman–Crippen MR) is 104 cm³/mol. The fourth-order valence-corrected chi connectivity index (χ4v) is 3.34. The van der Waals surface area contributed by atoms with Gasteiger partial charge in [0, 0.05) is 38.2 Å². The van der Waals surface area contributed by atoms with Crippen LogP contribution >= 0.6 is 0 Å². The van der Waals surface area contributed by atoms with Gasteiger partial charge in [0.1, 0.15) is 12.3 Å². The Morgan fingerprint density at radius 3 is 2.41 bits per heavy atom. The van der Waals surface area contributed by atoms with E-state index in [1.165, 1.54) is 4.90 Å². The molecule has 0 aromatic heterocycles. The first-order valence-electron chi connectivity index (χ1n) is 9.74. The number of nitrogens with zero attached hydrogens (tertiary/aromatic N) is 3. The van der Waals surface area contributed by atoms with E-state index in [0.29, 0.717) is 56.2 Å². The van der Waals surface area contributed by atoms with Gasteiger partial charge in [0.05, 0.1) is 12.3 Å². The van der Waals surface area contributed by atoms with E-state index in [1.807, 2.05) is 0 Å². The number of piperazine rings is 1. The lowest BCUT2D eigenvalue weighted by atomic mass is 10.1. The van der Waals surface area contributed by atoms with Gasteiger partial charge in [-0.25, -0.2) is 4.79 Å². The topological polar surface area (TPSA) is 96.5 Å². The first-order chi connectivity index (χ1) is 13.9. The zero-order valence-electron chi connectivity index (χ0n) is 16.7. The second-order valence-electron chi connectivity index (χ2n) is 6.79. The molecule has 0 unspecified atom stereocenters. The molecule has 0 bridgehead atoms. The van der Waals surface area contributed by atoms with Gasteiger partial charge in [-0.15, -0.1) is 0 Å². The third kappa shape index (κ3) is 4.49. The fraction of sp³-hybridized carbons (Fsp3) is 0.500. The summed E-state index contributed by atoms with van der Waals surface area (Å²) in [5, 5.41) is 0. The molecule has 2 heterocycles. The lowest BCUT2D eigenvalue weighted by molar-refractivity contribution is -0.133. The summed E-state index contributed by atoms with van der Waals surface area (Å²) in [5.74, 6) is -0.136. The molecule has 0 saturated carbocycles. The number of fused-ring (bicyclic) bond motifs is 1. The number of rotatable bonds is 5. The van der Waals surface area contributed by atoms with Crippen molar-refractivity contribution >= 4 is 29.4 Å². The minimum atomic E-state index is -0.384. The SMILES string of the molecule is CCOC(=O)N1CCN(C(=O)CN2C(=O)COc3ccc(C(=O)CC)cc32)CC1. The van der Waals surface area contributed by atoms with Crippen LogP contribution in [0.3, 0.4) is 0 Å². The fourth-order valence-electron chi connectivity index (χ4n) is 3.34. The van der Waals surface area contributed by atoms with Crippen molar-refractivity contribution in [1.29, 1.82) is 0 Å². The average molecular weight is 403 g/mol. The van der Waals surface area contributed by atoms with E-state index in [1.54, 1.807) is 41.8 Å². The van der Waals surface area contributed by atoms with Crippen molar-refractivity contribution in [3.05, 3.63) is 23.8 Å². The minimum Gasteiger partial charge on any atom is -0.482 e. The molecule has 0 aliphatic carbocycles. The number of amides is 3. The van der Waals surface area contributed by atoms with Gasteiger partial charge in [-0.1, -0.05) is 6.92 Å². The van der Waals surface area contributed by atoms with Crippen LogP contribution in [0.5, 0.6) is 5.75 Å². The van der Waals surface area contributed by atoms with E-state index in [4.69, 9.17) is 9.47 Å². The van der Waals surface area contributed by atoms with Crippen molar-refractivity contribution in [1.82, 2.24) is 9.80 Å². The lowest BCUT2D eigenvalue weighted by Gasteiger charge is -2.36. The summed E-state index contributed by atoms with van der Waals surface area (Å²) >= 11 is 0. The maximum Gasteiger partial charge on any atom is 0.409 e. The highest BCUT2D eigenvalue weighted by atomic mass is 16.6. The van der Waals surface area contributed by atoms with Crippen molar-refractivity contribution in [3.8, 4) is 5.75 Å². The molecule has 2 aliphatic heterocycles. The Kier molecular flexibility index (Phi) is 6.36. The van der Waals surface area contributed by atoms with Crippen LogP contribution in [0.15, 0.2) is 18.2 Å². The first-order valence-corrected chi connectivity index (χ1v) is 9.74. The molecule has 3 rings (SSSR count). The van der Waals surface area contributed by atoms with E-state index >= 15 is 0 Å². The summed E-state index contributed by atoms with van der Waals surface area (Å²) in [6.07, 6.45) is -0.0397. The van der Waals surface area contributed by atoms with Gasteiger partial charge in [-0.05, 0) is 25.1 Å². The smallest absolute Gasteiger partial charge is 0.409 e. The Bertz CT molecular complexity index is 816. The van der Waals surface area contributed by atoms with Gasteiger partial charge in [0.2, 0.25) is 5.91 Å². The number of carbonyl (C=O) groups excluding carboxylic acids is 4. The summed E-state index contributed by atoms with van der Waals surface area (Å²) in [6.45, 7) is 5.03. The van der Waals surface area contributed by atoms with Crippen LogP contribution in [0.1, 0.15) is 30.6 Å². The van der Waals surface area contributed by atoms with Gasteiger partial charge in [0.15, 0.2) is 12.4 Å². The van der Waals surface area contributed by atoms with E-state index in [2.05, 4.69) is 0 Å². The normalized spacial score (nSPS) is 16.2. The van der Waals surface area contributed by atoms with Crippen LogP contribution in [0.25, 0.3) is 0 Å².